The van der Waals surface area contributed by atoms with Gasteiger partial charge in [-0.1, -0.05) is 25.1 Å². The summed E-state index contributed by atoms with van der Waals surface area (Å²) in [6.07, 6.45) is 3.49. The molecule has 110 valence electrons. The van der Waals surface area contributed by atoms with Gasteiger partial charge < -0.3 is 15.4 Å². The summed E-state index contributed by atoms with van der Waals surface area (Å²) in [5.74, 6) is 1.87. The maximum absolute atomic E-state index is 5.50. The van der Waals surface area contributed by atoms with E-state index in [2.05, 4.69) is 34.7 Å². The first kappa shape index (κ1) is 14.7. The number of rotatable bonds is 6. The fourth-order valence-corrected chi connectivity index (χ4v) is 2.49. The van der Waals surface area contributed by atoms with Crippen LogP contribution in [0.15, 0.2) is 29.3 Å². The Morgan fingerprint density at radius 2 is 2.05 bits per heavy atom. The van der Waals surface area contributed by atoms with Gasteiger partial charge in [-0.05, 0) is 25.3 Å². The highest BCUT2D eigenvalue weighted by molar-refractivity contribution is 5.79. The van der Waals surface area contributed by atoms with Gasteiger partial charge in [0.25, 0.3) is 0 Å². The van der Waals surface area contributed by atoms with E-state index >= 15 is 0 Å². The van der Waals surface area contributed by atoms with Gasteiger partial charge in [0.2, 0.25) is 0 Å². The molecule has 1 aromatic carbocycles. The van der Waals surface area contributed by atoms with Gasteiger partial charge >= 0.3 is 0 Å². The van der Waals surface area contributed by atoms with Crippen molar-refractivity contribution >= 4 is 5.96 Å². The summed E-state index contributed by atoms with van der Waals surface area (Å²) in [7, 11) is 3.55. The Labute approximate surface area is 121 Å². The molecule has 1 aliphatic rings. The van der Waals surface area contributed by atoms with E-state index in [1.165, 1.54) is 18.4 Å². The van der Waals surface area contributed by atoms with Crippen molar-refractivity contribution in [3.8, 4) is 5.75 Å². The standard InChI is InChI=1S/C16H25N3O/c1-4-11-18-15(17-2)19-12-16(9-10-16)13-7-5-6-8-14(13)20-3/h5-8H,4,9-12H2,1-3H3,(H2,17,18,19). The highest BCUT2D eigenvalue weighted by Gasteiger charge is 2.45. The number of hydrogen-bond acceptors (Lipinski definition) is 2. The van der Waals surface area contributed by atoms with Crippen molar-refractivity contribution in [1.82, 2.24) is 10.6 Å². The Morgan fingerprint density at radius 1 is 1.30 bits per heavy atom. The minimum Gasteiger partial charge on any atom is -0.496 e. The highest BCUT2D eigenvalue weighted by atomic mass is 16.5. The van der Waals surface area contributed by atoms with Crippen molar-refractivity contribution in [3.05, 3.63) is 29.8 Å². The third kappa shape index (κ3) is 3.24. The van der Waals surface area contributed by atoms with Gasteiger partial charge in [0, 0.05) is 31.1 Å². The SMILES string of the molecule is CCCNC(=NC)NCC1(c2ccccc2OC)CC1. The molecule has 0 radical (unpaired) electrons. The molecule has 2 rings (SSSR count). The lowest BCUT2D eigenvalue weighted by Crippen LogP contribution is -2.41. The van der Waals surface area contributed by atoms with E-state index in [0.717, 1.165) is 31.2 Å². The molecule has 0 saturated heterocycles. The van der Waals surface area contributed by atoms with Crippen LogP contribution in [0.25, 0.3) is 0 Å². The van der Waals surface area contributed by atoms with E-state index in [0.29, 0.717) is 0 Å². The zero-order chi connectivity index (χ0) is 14.4. The first-order valence-corrected chi connectivity index (χ1v) is 7.34. The van der Waals surface area contributed by atoms with E-state index in [1.54, 1.807) is 7.11 Å². The summed E-state index contributed by atoms with van der Waals surface area (Å²) in [5.41, 5.74) is 1.51. The molecule has 0 heterocycles. The van der Waals surface area contributed by atoms with Crippen LogP contribution in [0.1, 0.15) is 31.7 Å². The van der Waals surface area contributed by atoms with Crippen molar-refractivity contribution in [2.75, 3.05) is 27.2 Å². The van der Waals surface area contributed by atoms with E-state index in [1.807, 2.05) is 19.2 Å². The molecular weight excluding hydrogens is 250 g/mol. The zero-order valence-electron chi connectivity index (χ0n) is 12.7. The summed E-state index contributed by atoms with van der Waals surface area (Å²) in [6, 6.07) is 8.32. The number of methoxy groups -OCH3 is 1. The van der Waals surface area contributed by atoms with Crippen molar-refractivity contribution in [3.63, 3.8) is 0 Å². The van der Waals surface area contributed by atoms with Crippen molar-refractivity contribution in [1.29, 1.82) is 0 Å². The Balaban J connectivity index is 2.01. The van der Waals surface area contributed by atoms with Gasteiger partial charge in [-0.25, -0.2) is 0 Å². The smallest absolute Gasteiger partial charge is 0.191 e. The van der Waals surface area contributed by atoms with Crippen molar-refractivity contribution in [2.45, 2.75) is 31.6 Å². The predicted octanol–water partition coefficient (Wildman–Crippen LogP) is 2.30. The van der Waals surface area contributed by atoms with Crippen LogP contribution in [-0.2, 0) is 5.41 Å². The molecule has 1 fully saturated rings. The number of ether oxygens (including phenoxy) is 1. The first-order valence-electron chi connectivity index (χ1n) is 7.34. The number of hydrogen-bond donors (Lipinski definition) is 2. The largest absolute Gasteiger partial charge is 0.496 e. The molecule has 0 bridgehead atoms. The lowest BCUT2D eigenvalue weighted by atomic mass is 9.95. The topological polar surface area (TPSA) is 45.7 Å². The van der Waals surface area contributed by atoms with E-state index < -0.39 is 0 Å². The Kier molecular flexibility index (Phi) is 4.88. The third-order valence-corrected chi connectivity index (χ3v) is 3.89. The predicted molar refractivity (Wildman–Crippen MR) is 83.6 cm³/mol. The molecule has 0 aliphatic heterocycles. The maximum Gasteiger partial charge on any atom is 0.191 e. The summed E-state index contributed by atoms with van der Waals surface area (Å²) >= 11 is 0. The van der Waals surface area contributed by atoms with Gasteiger partial charge in [-0.15, -0.1) is 0 Å². The molecule has 0 amide bonds. The minimum absolute atomic E-state index is 0.205. The molecular formula is C16H25N3O. The second-order valence-electron chi connectivity index (χ2n) is 5.33. The lowest BCUT2D eigenvalue weighted by molar-refractivity contribution is 0.403. The second-order valence-corrected chi connectivity index (χ2v) is 5.33. The monoisotopic (exact) mass is 275 g/mol. The molecule has 1 aromatic rings. The van der Waals surface area contributed by atoms with Gasteiger partial charge in [-0.3, -0.25) is 4.99 Å². The molecule has 2 N–H and O–H groups in total. The molecule has 4 heteroatoms. The number of para-hydroxylation sites is 1. The molecule has 20 heavy (non-hydrogen) atoms. The Hall–Kier alpha value is -1.71. The highest BCUT2D eigenvalue weighted by Crippen LogP contribution is 2.50. The molecule has 0 aromatic heterocycles. The molecule has 1 aliphatic carbocycles. The van der Waals surface area contributed by atoms with Gasteiger partial charge in [0.1, 0.15) is 5.75 Å². The van der Waals surface area contributed by atoms with Gasteiger partial charge in [0.05, 0.1) is 7.11 Å². The van der Waals surface area contributed by atoms with E-state index in [4.69, 9.17) is 4.74 Å². The molecule has 4 nitrogen and oxygen atoms in total. The van der Waals surface area contributed by atoms with E-state index in [-0.39, 0.29) is 5.41 Å². The van der Waals surface area contributed by atoms with Crippen LogP contribution in [0.4, 0.5) is 0 Å². The fourth-order valence-electron chi connectivity index (χ4n) is 2.49. The quantitative estimate of drug-likeness (QED) is 0.618. The van der Waals surface area contributed by atoms with Crippen LogP contribution >= 0.6 is 0 Å². The zero-order valence-corrected chi connectivity index (χ0v) is 12.7. The number of aliphatic imine (C=N–C) groups is 1. The Morgan fingerprint density at radius 3 is 2.65 bits per heavy atom. The van der Waals surface area contributed by atoms with Crippen LogP contribution < -0.4 is 15.4 Å². The average molecular weight is 275 g/mol. The average Bonchev–Trinajstić information content (AvgIpc) is 3.28. The Bertz CT molecular complexity index is 467. The summed E-state index contributed by atoms with van der Waals surface area (Å²) in [4.78, 5) is 4.26. The summed E-state index contributed by atoms with van der Waals surface area (Å²) < 4.78 is 5.50. The summed E-state index contributed by atoms with van der Waals surface area (Å²) in [5, 5.41) is 6.75. The maximum atomic E-state index is 5.50. The molecule has 1 saturated carbocycles. The van der Waals surface area contributed by atoms with Crippen LogP contribution in [0.5, 0.6) is 5.75 Å². The van der Waals surface area contributed by atoms with E-state index in [9.17, 15) is 0 Å². The molecule has 0 spiro atoms. The fraction of sp³-hybridized carbons (Fsp3) is 0.562. The first-order chi connectivity index (χ1) is 9.75. The van der Waals surface area contributed by atoms with Crippen LogP contribution in [-0.4, -0.2) is 33.2 Å². The second kappa shape index (κ2) is 6.64. The van der Waals surface area contributed by atoms with Crippen molar-refractivity contribution < 1.29 is 4.74 Å². The van der Waals surface area contributed by atoms with Crippen LogP contribution in [0.2, 0.25) is 0 Å². The third-order valence-electron chi connectivity index (χ3n) is 3.89. The van der Waals surface area contributed by atoms with Crippen LogP contribution in [0.3, 0.4) is 0 Å². The molecule has 0 unspecified atom stereocenters. The minimum atomic E-state index is 0.205. The molecule has 0 atom stereocenters. The van der Waals surface area contributed by atoms with Gasteiger partial charge in [0.15, 0.2) is 5.96 Å². The number of nitrogens with one attached hydrogen (secondary N) is 2. The number of benzene rings is 1. The van der Waals surface area contributed by atoms with Crippen molar-refractivity contribution in [2.24, 2.45) is 4.99 Å². The number of nitrogens with zero attached hydrogens (tertiary/aromatic N) is 1. The normalized spacial score (nSPS) is 16.6. The number of guanidine groups is 1. The van der Waals surface area contributed by atoms with Gasteiger partial charge in [-0.2, -0.15) is 0 Å². The van der Waals surface area contributed by atoms with Crippen LogP contribution in [0, 0.1) is 0 Å². The summed E-state index contributed by atoms with van der Waals surface area (Å²) in [6.45, 7) is 4.00. The lowest BCUT2D eigenvalue weighted by Gasteiger charge is -2.21.